The number of benzene rings is 2. The van der Waals surface area contributed by atoms with Crippen molar-refractivity contribution in [3.05, 3.63) is 58.9 Å². The molecule has 25 heavy (non-hydrogen) atoms. The molecule has 2 aromatic carbocycles. The number of rotatable bonds is 4. The third kappa shape index (κ3) is 3.51. The van der Waals surface area contributed by atoms with Crippen LogP contribution in [0.1, 0.15) is 23.1 Å². The Hall–Kier alpha value is -2.40. The Morgan fingerprint density at radius 2 is 2.16 bits per heavy atom. The van der Waals surface area contributed by atoms with Crippen LogP contribution in [-0.4, -0.2) is 25.6 Å². The molecule has 1 heterocycles. The minimum Gasteiger partial charge on any atom is -0.497 e. The van der Waals surface area contributed by atoms with Gasteiger partial charge < -0.3 is 15.4 Å². The van der Waals surface area contributed by atoms with E-state index in [9.17, 15) is 9.18 Å². The number of fused-ring (bicyclic) bond motifs is 1. The lowest BCUT2D eigenvalue weighted by Gasteiger charge is -2.31. The lowest BCUT2D eigenvalue weighted by atomic mass is 9.97. The van der Waals surface area contributed by atoms with Crippen molar-refractivity contribution in [1.29, 1.82) is 0 Å². The Bertz CT molecular complexity index is 791. The van der Waals surface area contributed by atoms with Gasteiger partial charge in [0.25, 0.3) is 0 Å². The zero-order chi connectivity index (χ0) is 18.0. The summed E-state index contributed by atoms with van der Waals surface area (Å²) in [5, 5.41) is 0. The third-order valence-electron chi connectivity index (χ3n) is 4.74. The van der Waals surface area contributed by atoms with Gasteiger partial charge in [0.15, 0.2) is 0 Å². The summed E-state index contributed by atoms with van der Waals surface area (Å²) in [7, 11) is 1.62. The van der Waals surface area contributed by atoms with Gasteiger partial charge in [-0.05, 0) is 61.1 Å². The van der Waals surface area contributed by atoms with Crippen LogP contribution in [0, 0.1) is 12.7 Å². The van der Waals surface area contributed by atoms with Crippen molar-refractivity contribution in [3.63, 3.8) is 0 Å². The summed E-state index contributed by atoms with van der Waals surface area (Å²) >= 11 is 0. The molecule has 3 rings (SSSR count). The first kappa shape index (κ1) is 17.4. The average Bonchev–Trinajstić information content (AvgIpc) is 2.62. The first-order chi connectivity index (χ1) is 12.0. The quantitative estimate of drug-likeness (QED) is 0.929. The number of aryl methyl sites for hydroxylation is 2. The van der Waals surface area contributed by atoms with E-state index in [4.69, 9.17) is 10.5 Å². The maximum Gasteiger partial charge on any atom is 0.244 e. The van der Waals surface area contributed by atoms with Crippen LogP contribution in [0.5, 0.6) is 5.75 Å². The summed E-state index contributed by atoms with van der Waals surface area (Å²) in [6.45, 7) is 2.47. The SMILES string of the molecule is COc1ccc(C[C@@H](N)C(=O)N2CCCc3cccc(F)c32)c(C)c1. The Kier molecular flexibility index (Phi) is 5.04. The first-order valence-corrected chi connectivity index (χ1v) is 8.49. The van der Waals surface area contributed by atoms with Crippen LogP contribution in [0.4, 0.5) is 10.1 Å². The molecule has 0 unspecified atom stereocenters. The van der Waals surface area contributed by atoms with Crippen LogP contribution < -0.4 is 15.4 Å². The number of nitrogens with two attached hydrogens (primary N) is 1. The number of halogens is 1. The van der Waals surface area contributed by atoms with Crippen LogP contribution in [-0.2, 0) is 17.6 Å². The average molecular weight is 342 g/mol. The highest BCUT2D eigenvalue weighted by Gasteiger charge is 2.29. The number of carbonyl (C=O) groups excluding carboxylic acids is 1. The van der Waals surface area contributed by atoms with Crippen LogP contribution in [0.2, 0.25) is 0 Å². The van der Waals surface area contributed by atoms with Crippen molar-refractivity contribution in [2.24, 2.45) is 5.73 Å². The third-order valence-corrected chi connectivity index (χ3v) is 4.74. The first-order valence-electron chi connectivity index (χ1n) is 8.49. The van der Waals surface area contributed by atoms with E-state index < -0.39 is 6.04 Å². The van der Waals surface area contributed by atoms with Crippen molar-refractivity contribution in [1.82, 2.24) is 0 Å². The van der Waals surface area contributed by atoms with E-state index in [1.54, 1.807) is 13.2 Å². The fourth-order valence-electron chi connectivity index (χ4n) is 3.37. The van der Waals surface area contributed by atoms with Crippen LogP contribution in [0.3, 0.4) is 0 Å². The molecule has 5 heteroatoms. The largest absolute Gasteiger partial charge is 0.497 e. The molecule has 0 aromatic heterocycles. The molecule has 0 spiro atoms. The second kappa shape index (κ2) is 7.23. The van der Waals surface area contributed by atoms with E-state index >= 15 is 0 Å². The Morgan fingerprint density at radius 3 is 2.88 bits per heavy atom. The van der Waals surface area contributed by atoms with Gasteiger partial charge in [0, 0.05) is 6.54 Å². The molecule has 1 atom stereocenters. The fourth-order valence-corrected chi connectivity index (χ4v) is 3.37. The summed E-state index contributed by atoms with van der Waals surface area (Å²) in [5.74, 6) is 0.174. The molecule has 4 nitrogen and oxygen atoms in total. The predicted molar refractivity (Wildman–Crippen MR) is 96.5 cm³/mol. The van der Waals surface area contributed by atoms with Crippen LogP contribution in [0.25, 0.3) is 0 Å². The van der Waals surface area contributed by atoms with E-state index in [2.05, 4.69) is 0 Å². The summed E-state index contributed by atoms with van der Waals surface area (Å²) in [6, 6.07) is 9.94. The van der Waals surface area contributed by atoms with E-state index in [1.807, 2.05) is 31.2 Å². The number of ether oxygens (including phenoxy) is 1. The van der Waals surface area contributed by atoms with Crippen molar-refractivity contribution < 1.29 is 13.9 Å². The molecule has 0 fully saturated rings. The maximum atomic E-state index is 14.3. The molecular weight excluding hydrogens is 319 g/mol. The number of amides is 1. The number of anilines is 1. The lowest BCUT2D eigenvalue weighted by molar-refractivity contribution is -0.119. The zero-order valence-electron chi connectivity index (χ0n) is 14.6. The summed E-state index contributed by atoms with van der Waals surface area (Å²) < 4.78 is 19.5. The monoisotopic (exact) mass is 342 g/mol. The molecule has 0 radical (unpaired) electrons. The van der Waals surface area contributed by atoms with Gasteiger partial charge >= 0.3 is 0 Å². The van der Waals surface area contributed by atoms with Crippen molar-refractivity contribution in [2.75, 3.05) is 18.6 Å². The summed E-state index contributed by atoms with van der Waals surface area (Å²) in [4.78, 5) is 14.4. The second-order valence-corrected chi connectivity index (χ2v) is 6.44. The Labute approximate surface area is 147 Å². The molecule has 1 aliphatic rings. The van der Waals surface area contributed by atoms with E-state index in [0.717, 1.165) is 35.3 Å². The number of carbonyl (C=O) groups is 1. The molecular formula is C20H23FN2O2. The highest BCUT2D eigenvalue weighted by Crippen LogP contribution is 2.30. The molecule has 1 amide bonds. The molecule has 132 valence electrons. The molecule has 2 N–H and O–H groups in total. The van der Waals surface area contributed by atoms with Gasteiger partial charge in [0.2, 0.25) is 5.91 Å². The number of hydrogen-bond acceptors (Lipinski definition) is 3. The minimum atomic E-state index is -0.711. The lowest BCUT2D eigenvalue weighted by Crippen LogP contribution is -2.47. The van der Waals surface area contributed by atoms with Gasteiger partial charge in [-0.1, -0.05) is 18.2 Å². The topological polar surface area (TPSA) is 55.6 Å². The summed E-state index contributed by atoms with van der Waals surface area (Å²) in [5.41, 5.74) is 9.45. The van der Waals surface area contributed by atoms with Crippen molar-refractivity contribution in [2.45, 2.75) is 32.2 Å². The van der Waals surface area contributed by atoms with Gasteiger partial charge in [-0.15, -0.1) is 0 Å². The Balaban J connectivity index is 1.80. The van der Waals surface area contributed by atoms with Crippen molar-refractivity contribution in [3.8, 4) is 5.75 Å². The molecule has 0 saturated carbocycles. The maximum absolute atomic E-state index is 14.3. The highest BCUT2D eigenvalue weighted by atomic mass is 19.1. The van der Waals surface area contributed by atoms with E-state index in [1.165, 1.54) is 11.0 Å². The number of nitrogens with zero attached hydrogens (tertiary/aromatic N) is 1. The summed E-state index contributed by atoms with van der Waals surface area (Å²) in [6.07, 6.45) is 2.01. The smallest absolute Gasteiger partial charge is 0.244 e. The van der Waals surface area contributed by atoms with Crippen LogP contribution >= 0.6 is 0 Å². The number of hydrogen-bond donors (Lipinski definition) is 1. The minimum absolute atomic E-state index is 0.235. The van der Waals surface area contributed by atoms with Gasteiger partial charge in [0.05, 0.1) is 18.8 Å². The molecule has 0 saturated heterocycles. The van der Waals surface area contributed by atoms with Gasteiger partial charge in [-0.3, -0.25) is 4.79 Å². The van der Waals surface area contributed by atoms with E-state index in [0.29, 0.717) is 18.7 Å². The molecule has 0 aliphatic carbocycles. The highest BCUT2D eigenvalue weighted by molar-refractivity contribution is 5.98. The molecule has 1 aliphatic heterocycles. The van der Waals surface area contributed by atoms with Gasteiger partial charge in [0.1, 0.15) is 11.6 Å². The van der Waals surface area contributed by atoms with Crippen molar-refractivity contribution >= 4 is 11.6 Å². The van der Waals surface area contributed by atoms with Gasteiger partial charge in [-0.2, -0.15) is 0 Å². The normalized spacial score (nSPS) is 14.8. The predicted octanol–water partition coefficient (Wildman–Crippen LogP) is 2.99. The standard InChI is InChI=1S/C20H23FN2O2/c1-13-11-16(25-2)9-8-15(13)12-18(22)20(24)23-10-4-6-14-5-3-7-17(21)19(14)23/h3,5,7-9,11,18H,4,6,10,12,22H2,1-2H3/t18-/m1/s1. The fraction of sp³-hybridized carbons (Fsp3) is 0.350. The second-order valence-electron chi connectivity index (χ2n) is 6.44. The Morgan fingerprint density at radius 1 is 1.36 bits per heavy atom. The number of para-hydroxylation sites is 1. The van der Waals surface area contributed by atoms with E-state index in [-0.39, 0.29) is 11.7 Å². The molecule has 2 aromatic rings. The van der Waals surface area contributed by atoms with Crippen LogP contribution in [0.15, 0.2) is 36.4 Å². The molecule has 0 bridgehead atoms. The number of methoxy groups -OCH3 is 1. The zero-order valence-corrected chi connectivity index (χ0v) is 14.6. The van der Waals surface area contributed by atoms with Gasteiger partial charge in [-0.25, -0.2) is 4.39 Å².